The minimum Gasteiger partial charge on any atom is -0.481 e. The van der Waals surface area contributed by atoms with E-state index in [0.29, 0.717) is 30.2 Å². The molecule has 3 heterocycles. The highest BCUT2D eigenvalue weighted by Gasteiger charge is 2.31. The van der Waals surface area contributed by atoms with E-state index in [0.717, 1.165) is 29.9 Å². The fourth-order valence-electron chi connectivity index (χ4n) is 4.23. The number of H-pyrrole nitrogens is 1. The van der Waals surface area contributed by atoms with Crippen LogP contribution in [-0.2, 0) is 4.79 Å². The SMILES string of the molecule is O=C1COc2cc([N+](=O)[O-])c(N3CCCC(c4ncc(-c5ccccc5)[nH]4)C3)cc2N1. The van der Waals surface area contributed by atoms with E-state index in [1.165, 1.54) is 6.07 Å². The molecule has 0 saturated carbocycles. The summed E-state index contributed by atoms with van der Waals surface area (Å²) < 4.78 is 5.35. The van der Waals surface area contributed by atoms with Gasteiger partial charge in [-0.25, -0.2) is 4.98 Å². The Bertz CT molecular complexity index is 1140. The molecule has 1 saturated heterocycles. The maximum Gasteiger partial charge on any atom is 0.296 e. The minimum atomic E-state index is -0.403. The first-order valence-corrected chi connectivity index (χ1v) is 10.2. The number of aromatic amines is 1. The van der Waals surface area contributed by atoms with Crippen molar-refractivity contribution in [2.45, 2.75) is 18.8 Å². The fraction of sp³-hybridized carbons (Fsp3) is 0.273. The molecule has 5 rings (SSSR count). The number of benzene rings is 2. The maximum absolute atomic E-state index is 11.7. The number of nitrogens with one attached hydrogen (secondary N) is 2. The van der Waals surface area contributed by atoms with E-state index < -0.39 is 4.92 Å². The van der Waals surface area contributed by atoms with E-state index in [1.54, 1.807) is 6.07 Å². The van der Waals surface area contributed by atoms with Crippen LogP contribution in [0.3, 0.4) is 0 Å². The van der Waals surface area contributed by atoms with Crippen molar-refractivity contribution in [3.63, 3.8) is 0 Å². The lowest BCUT2D eigenvalue weighted by Gasteiger charge is -2.34. The van der Waals surface area contributed by atoms with Gasteiger partial charge >= 0.3 is 0 Å². The van der Waals surface area contributed by atoms with Gasteiger partial charge in [-0.3, -0.25) is 14.9 Å². The summed E-state index contributed by atoms with van der Waals surface area (Å²) in [4.78, 5) is 33.0. The summed E-state index contributed by atoms with van der Waals surface area (Å²) >= 11 is 0. The number of hydrogen-bond acceptors (Lipinski definition) is 6. The predicted octanol–water partition coefficient (Wildman–Crippen LogP) is 3.70. The number of anilines is 2. The number of carbonyl (C=O) groups excluding carboxylic acids is 1. The van der Waals surface area contributed by atoms with Gasteiger partial charge < -0.3 is 19.9 Å². The first-order chi connectivity index (χ1) is 15.1. The smallest absolute Gasteiger partial charge is 0.296 e. The Hall–Kier alpha value is -3.88. The molecular formula is C22H21N5O4. The van der Waals surface area contributed by atoms with Crippen LogP contribution in [0, 0.1) is 10.1 Å². The average Bonchev–Trinajstić information content (AvgIpc) is 3.29. The van der Waals surface area contributed by atoms with Crippen molar-refractivity contribution in [3.8, 4) is 17.0 Å². The zero-order chi connectivity index (χ0) is 21.4. The first kappa shape index (κ1) is 19.1. The molecule has 0 radical (unpaired) electrons. The molecule has 1 aromatic heterocycles. The number of nitro groups is 1. The summed E-state index contributed by atoms with van der Waals surface area (Å²) in [6.07, 6.45) is 3.65. The number of carbonyl (C=O) groups is 1. The van der Waals surface area contributed by atoms with Gasteiger partial charge in [0.25, 0.3) is 11.6 Å². The van der Waals surface area contributed by atoms with Gasteiger partial charge in [-0.2, -0.15) is 0 Å². The predicted molar refractivity (Wildman–Crippen MR) is 115 cm³/mol. The summed E-state index contributed by atoms with van der Waals surface area (Å²) in [6.45, 7) is 1.14. The number of imidazole rings is 1. The number of amides is 1. The molecule has 0 aliphatic carbocycles. The van der Waals surface area contributed by atoms with Crippen molar-refractivity contribution in [1.29, 1.82) is 0 Å². The summed E-state index contributed by atoms with van der Waals surface area (Å²) in [5.41, 5.74) is 2.93. The van der Waals surface area contributed by atoms with Gasteiger partial charge in [-0.15, -0.1) is 0 Å². The van der Waals surface area contributed by atoms with Crippen LogP contribution in [0.15, 0.2) is 48.7 Å². The molecule has 2 aromatic carbocycles. The Morgan fingerprint density at radius 3 is 2.87 bits per heavy atom. The summed E-state index contributed by atoms with van der Waals surface area (Å²) in [6, 6.07) is 13.0. The van der Waals surface area contributed by atoms with Gasteiger partial charge in [-0.1, -0.05) is 30.3 Å². The van der Waals surface area contributed by atoms with Crippen molar-refractivity contribution in [2.75, 3.05) is 29.9 Å². The molecule has 9 heteroatoms. The largest absolute Gasteiger partial charge is 0.481 e. The van der Waals surface area contributed by atoms with Crippen molar-refractivity contribution >= 4 is 23.0 Å². The molecule has 3 aromatic rings. The Morgan fingerprint density at radius 2 is 2.06 bits per heavy atom. The molecule has 2 aliphatic rings. The molecule has 0 spiro atoms. The van der Waals surface area contributed by atoms with Crippen molar-refractivity contribution in [1.82, 2.24) is 9.97 Å². The van der Waals surface area contributed by atoms with Gasteiger partial charge in [0.05, 0.1) is 28.6 Å². The highest BCUT2D eigenvalue weighted by atomic mass is 16.6. The number of nitro benzene ring substituents is 1. The molecule has 31 heavy (non-hydrogen) atoms. The lowest BCUT2D eigenvalue weighted by Crippen LogP contribution is -2.35. The molecule has 9 nitrogen and oxygen atoms in total. The van der Waals surface area contributed by atoms with Crippen molar-refractivity contribution in [2.24, 2.45) is 0 Å². The number of nitrogens with zero attached hydrogens (tertiary/aromatic N) is 3. The van der Waals surface area contributed by atoms with E-state index in [2.05, 4.69) is 15.3 Å². The lowest BCUT2D eigenvalue weighted by molar-refractivity contribution is -0.384. The molecule has 0 bridgehead atoms. The van der Waals surface area contributed by atoms with E-state index >= 15 is 0 Å². The number of aromatic nitrogens is 2. The maximum atomic E-state index is 11.7. The zero-order valence-corrected chi connectivity index (χ0v) is 16.7. The number of ether oxygens (including phenoxy) is 1. The third kappa shape index (κ3) is 3.70. The molecular weight excluding hydrogens is 398 g/mol. The number of rotatable bonds is 4. The van der Waals surface area contributed by atoms with Gasteiger partial charge in [0.15, 0.2) is 12.4 Å². The van der Waals surface area contributed by atoms with Crippen LogP contribution < -0.4 is 15.0 Å². The second-order valence-electron chi connectivity index (χ2n) is 7.76. The second-order valence-corrected chi connectivity index (χ2v) is 7.76. The van der Waals surface area contributed by atoms with Gasteiger partial charge in [-0.05, 0) is 24.5 Å². The van der Waals surface area contributed by atoms with Crippen molar-refractivity contribution in [3.05, 3.63) is 64.6 Å². The summed E-state index contributed by atoms with van der Waals surface area (Å²) in [7, 11) is 0. The Labute approximate surface area is 178 Å². The Balaban J connectivity index is 1.43. The molecule has 1 atom stereocenters. The van der Waals surface area contributed by atoms with Crippen LogP contribution in [-0.4, -0.2) is 40.5 Å². The molecule has 1 fully saturated rings. The van der Waals surface area contributed by atoms with E-state index in [4.69, 9.17) is 4.74 Å². The van der Waals surface area contributed by atoms with Crippen LogP contribution >= 0.6 is 0 Å². The number of hydrogen-bond donors (Lipinski definition) is 2. The Kier molecular flexibility index (Phi) is 4.78. The monoisotopic (exact) mass is 419 g/mol. The summed E-state index contributed by atoms with van der Waals surface area (Å²) in [5, 5.41) is 14.5. The van der Waals surface area contributed by atoms with Crippen LogP contribution in [0.5, 0.6) is 5.75 Å². The Morgan fingerprint density at radius 1 is 1.23 bits per heavy atom. The lowest BCUT2D eigenvalue weighted by atomic mass is 9.96. The van der Waals surface area contributed by atoms with Crippen LogP contribution in [0.4, 0.5) is 17.1 Å². The fourth-order valence-corrected chi connectivity index (χ4v) is 4.23. The second kappa shape index (κ2) is 7.75. The van der Waals surface area contributed by atoms with Crippen LogP contribution in [0.2, 0.25) is 0 Å². The van der Waals surface area contributed by atoms with E-state index in [1.807, 2.05) is 41.4 Å². The molecule has 1 amide bonds. The topological polar surface area (TPSA) is 113 Å². The van der Waals surface area contributed by atoms with Gasteiger partial charge in [0, 0.05) is 19.0 Å². The zero-order valence-electron chi connectivity index (χ0n) is 16.7. The van der Waals surface area contributed by atoms with Crippen molar-refractivity contribution < 1.29 is 14.5 Å². The quantitative estimate of drug-likeness (QED) is 0.492. The van der Waals surface area contributed by atoms with E-state index in [9.17, 15) is 14.9 Å². The molecule has 1 unspecified atom stereocenters. The normalized spacial score (nSPS) is 18.1. The van der Waals surface area contributed by atoms with Gasteiger partial charge in [0.2, 0.25) is 0 Å². The highest BCUT2D eigenvalue weighted by Crippen LogP contribution is 2.41. The molecule has 2 aliphatic heterocycles. The van der Waals surface area contributed by atoms with Crippen LogP contribution in [0.25, 0.3) is 11.3 Å². The standard InChI is InChI=1S/C22H21N5O4/c28-21-13-31-20-10-19(27(29)30)18(9-16(20)24-21)26-8-4-7-15(12-26)22-23-11-17(25-22)14-5-2-1-3-6-14/h1-3,5-6,9-11,15H,4,7-8,12-13H2,(H,23,25)(H,24,28). The average molecular weight is 419 g/mol. The highest BCUT2D eigenvalue weighted by molar-refractivity contribution is 5.97. The third-order valence-electron chi connectivity index (χ3n) is 5.74. The first-order valence-electron chi connectivity index (χ1n) is 10.2. The van der Waals surface area contributed by atoms with Gasteiger partial charge in [0.1, 0.15) is 11.5 Å². The minimum absolute atomic E-state index is 0.0278. The van der Waals surface area contributed by atoms with E-state index in [-0.39, 0.29) is 24.1 Å². The van der Waals surface area contributed by atoms with Crippen LogP contribution in [0.1, 0.15) is 24.6 Å². The number of piperidine rings is 1. The third-order valence-corrected chi connectivity index (χ3v) is 5.74. The molecule has 2 N–H and O–H groups in total. The number of fused-ring (bicyclic) bond motifs is 1. The molecule has 158 valence electrons. The summed E-state index contributed by atoms with van der Waals surface area (Å²) in [5.74, 6) is 1.04.